The molecule has 2 aliphatic rings. The highest BCUT2D eigenvalue weighted by Gasteiger charge is 2.30. The van der Waals surface area contributed by atoms with Crippen molar-refractivity contribution in [2.24, 2.45) is 5.92 Å². The molecule has 3 rings (SSSR count). The second-order valence-corrected chi connectivity index (χ2v) is 5.21. The average Bonchev–Trinajstić information content (AvgIpc) is 2.21. The molecule has 1 aliphatic carbocycles. The lowest BCUT2D eigenvalue weighted by molar-refractivity contribution is 0.240. The van der Waals surface area contributed by atoms with E-state index >= 15 is 0 Å². The van der Waals surface area contributed by atoms with Gasteiger partial charge in [0.25, 0.3) is 5.56 Å². The van der Waals surface area contributed by atoms with Crippen LogP contribution in [0.2, 0.25) is 5.02 Å². The minimum atomic E-state index is 0.0779. The van der Waals surface area contributed by atoms with E-state index in [0.717, 1.165) is 12.5 Å². The van der Waals surface area contributed by atoms with Crippen molar-refractivity contribution in [2.45, 2.75) is 38.1 Å². The van der Waals surface area contributed by atoms with Crippen LogP contribution in [0.1, 0.15) is 37.3 Å². The predicted molar refractivity (Wildman–Crippen MR) is 60.4 cm³/mol. The lowest BCUT2D eigenvalue weighted by Crippen LogP contribution is -2.35. The van der Waals surface area contributed by atoms with Crippen molar-refractivity contribution in [2.75, 3.05) is 0 Å². The Bertz CT molecular complexity index is 451. The summed E-state index contributed by atoms with van der Waals surface area (Å²) in [6, 6.07) is 3.52. The topological polar surface area (TPSA) is 22.0 Å². The summed E-state index contributed by atoms with van der Waals surface area (Å²) in [5.41, 5.74) is 1.25. The van der Waals surface area contributed by atoms with Crippen molar-refractivity contribution in [3.8, 4) is 0 Å². The van der Waals surface area contributed by atoms with Crippen LogP contribution in [-0.2, 0) is 6.54 Å². The van der Waals surface area contributed by atoms with Crippen LogP contribution in [-0.4, -0.2) is 4.57 Å². The summed E-state index contributed by atoms with van der Waals surface area (Å²) in [5, 5.41) is 0.593. The third-order valence-corrected chi connectivity index (χ3v) is 3.98. The molecule has 1 saturated carbocycles. The Morgan fingerprint density at radius 2 is 2.20 bits per heavy atom. The van der Waals surface area contributed by atoms with Gasteiger partial charge < -0.3 is 4.57 Å². The van der Waals surface area contributed by atoms with E-state index < -0.39 is 0 Å². The van der Waals surface area contributed by atoms with Crippen molar-refractivity contribution in [1.82, 2.24) is 4.57 Å². The van der Waals surface area contributed by atoms with E-state index in [1.807, 2.05) is 10.6 Å². The summed E-state index contributed by atoms with van der Waals surface area (Å²) in [6.45, 7) is 0.905. The molecule has 1 fully saturated rings. The Kier molecular flexibility index (Phi) is 2.13. The summed E-state index contributed by atoms with van der Waals surface area (Å²) in [6.07, 6.45) is 5.05. The van der Waals surface area contributed by atoms with E-state index in [9.17, 15) is 4.79 Å². The molecular weight excluding hydrogens is 210 g/mol. The van der Waals surface area contributed by atoms with E-state index in [2.05, 4.69) is 0 Å². The van der Waals surface area contributed by atoms with E-state index in [1.54, 1.807) is 0 Å². The van der Waals surface area contributed by atoms with Crippen LogP contribution in [0.25, 0.3) is 0 Å². The van der Waals surface area contributed by atoms with Gasteiger partial charge >= 0.3 is 0 Å². The highest BCUT2D eigenvalue weighted by Crippen LogP contribution is 2.40. The lowest BCUT2D eigenvalue weighted by atomic mass is 9.77. The van der Waals surface area contributed by atoms with Gasteiger partial charge in [-0.2, -0.15) is 0 Å². The molecule has 0 amide bonds. The van der Waals surface area contributed by atoms with Gasteiger partial charge in [-0.15, -0.1) is 0 Å². The summed E-state index contributed by atoms with van der Waals surface area (Å²) < 4.78 is 1.93. The van der Waals surface area contributed by atoms with Crippen LogP contribution in [0.15, 0.2) is 16.9 Å². The molecule has 15 heavy (non-hydrogen) atoms. The standard InChI is InChI=1S/C12H14ClNO/c13-10-5-11-9-3-1-2-8(4-9)7-14(11)12(15)6-10/h5-6,8-9H,1-4,7H2/t8?,9-/m1/s1. The van der Waals surface area contributed by atoms with Gasteiger partial charge in [0, 0.05) is 23.3 Å². The van der Waals surface area contributed by atoms with Gasteiger partial charge in [0.1, 0.15) is 0 Å². The second-order valence-electron chi connectivity index (χ2n) is 4.78. The Morgan fingerprint density at radius 1 is 1.33 bits per heavy atom. The van der Waals surface area contributed by atoms with Gasteiger partial charge in [-0.1, -0.05) is 18.0 Å². The largest absolute Gasteiger partial charge is 0.312 e. The molecule has 0 spiro atoms. The first-order chi connectivity index (χ1) is 7.24. The van der Waals surface area contributed by atoms with Gasteiger partial charge in [0.05, 0.1) is 0 Å². The van der Waals surface area contributed by atoms with Gasteiger partial charge in [-0.3, -0.25) is 4.79 Å². The molecular formula is C12H14ClNO. The zero-order valence-corrected chi connectivity index (χ0v) is 9.33. The first-order valence-electron chi connectivity index (χ1n) is 5.64. The molecule has 0 radical (unpaired) electrons. The fraction of sp³-hybridized carbons (Fsp3) is 0.583. The number of hydrogen-bond acceptors (Lipinski definition) is 1. The minimum absolute atomic E-state index is 0.0779. The van der Waals surface area contributed by atoms with Crippen LogP contribution >= 0.6 is 11.6 Å². The average molecular weight is 224 g/mol. The highest BCUT2D eigenvalue weighted by molar-refractivity contribution is 6.30. The van der Waals surface area contributed by atoms with Crippen molar-refractivity contribution in [3.05, 3.63) is 33.2 Å². The third-order valence-electron chi connectivity index (χ3n) is 3.77. The quantitative estimate of drug-likeness (QED) is 0.663. The number of fused-ring (bicyclic) bond motifs is 4. The summed E-state index contributed by atoms with van der Waals surface area (Å²) in [4.78, 5) is 11.8. The fourth-order valence-corrected chi connectivity index (χ4v) is 3.31. The molecule has 1 aromatic rings. The number of nitrogens with zero attached hydrogens (tertiary/aromatic N) is 1. The number of rotatable bonds is 0. The highest BCUT2D eigenvalue weighted by atomic mass is 35.5. The van der Waals surface area contributed by atoms with Crippen molar-refractivity contribution in [1.29, 1.82) is 0 Å². The number of pyridine rings is 1. The van der Waals surface area contributed by atoms with Gasteiger partial charge in [0.2, 0.25) is 0 Å². The maximum Gasteiger partial charge on any atom is 0.252 e. The zero-order valence-electron chi connectivity index (χ0n) is 8.58. The minimum Gasteiger partial charge on any atom is -0.312 e. The molecule has 2 bridgehead atoms. The second kappa shape index (κ2) is 3.38. The molecule has 1 aliphatic heterocycles. The van der Waals surface area contributed by atoms with Crippen molar-refractivity contribution < 1.29 is 0 Å². The SMILES string of the molecule is O=c1cc(Cl)cc2n1CC1CCC[C@@H]2C1. The van der Waals surface area contributed by atoms with E-state index in [-0.39, 0.29) is 5.56 Å². The number of aromatic nitrogens is 1. The maximum atomic E-state index is 11.8. The normalized spacial score (nSPS) is 28.6. The molecule has 80 valence electrons. The Balaban J connectivity index is 2.17. The molecule has 2 heterocycles. The molecule has 3 heteroatoms. The van der Waals surface area contributed by atoms with Gasteiger partial charge in [-0.25, -0.2) is 0 Å². The van der Waals surface area contributed by atoms with Crippen LogP contribution in [0.3, 0.4) is 0 Å². The number of halogens is 1. The lowest BCUT2D eigenvalue weighted by Gasteiger charge is -2.36. The molecule has 1 unspecified atom stereocenters. The van der Waals surface area contributed by atoms with Gasteiger partial charge in [0.15, 0.2) is 0 Å². The molecule has 2 nitrogen and oxygen atoms in total. The summed E-state index contributed by atoms with van der Waals surface area (Å²) in [5.74, 6) is 1.29. The molecule has 0 aromatic carbocycles. The van der Waals surface area contributed by atoms with Crippen LogP contribution < -0.4 is 5.56 Å². The van der Waals surface area contributed by atoms with Gasteiger partial charge in [-0.05, 0) is 37.2 Å². The Morgan fingerprint density at radius 3 is 3.07 bits per heavy atom. The maximum absolute atomic E-state index is 11.8. The van der Waals surface area contributed by atoms with E-state index in [4.69, 9.17) is 11.6 Å². The van der Waals surface area contributed by atoms with Crippen LogP contribution in [0.5, 0.6) is 0 Å². The Labute approximate surface area is 93.9 Å². The molecule has 1 aromatic heterocycles. The summed E-state index contributed by atoms with van der Waals surface area (Å²) >= 11 is 5.95. The first-order valence-corrected chi connectivity index (χ1v) is 6.02. The molecule has 2 atom stereocenters. The first kappa shape index (κ1) is 9.46. The molecule has 0 saturated heterocycles. The van der Waals surface area contributed by atoms with Crippen molar-refractivity contribution in [3.63, 3.8) is 0 Å². The third kappa shape index (κ3) is 1.51. The van der Waals surface area contributed by atoms with Crippen LogP contribution in [0, 0.1) is 5.92 Å². The number of hydrogen-bond donors (Lipinski definition) is 0. The summed E-state index contributed by atoms with van der Waals surface area (Å²) in [7, 11) is 0. The Hall–Kier alpha value is -0.760. The van der Waals surface area contributed by atoms with Crippen molar-refractivity contribution >= 4 is 11.6 Å². The monoisotopic (exact) mass is 223 g/mol. The predicted octanol–water partition coefficient (Wildman–Crippen LogP) is 2.79. The van der Waals surface area contributed by atoms with E-state index in [0.29, 0.717) is 10.9 Å². The molecule has 0 N–H and O–H groups in total. The van der Waals surface area contributed by atoms with Crippen LogP contribution in [0.4, 0.5) is 0 Å². The zero-order chi connectivity index (χ0) is 10.4. The fourth-order valence-electron chi connectivity index (χ4n) is 3.10. The van der Waals surface area contributed by atoms with E-state index in [1.165, 1.54) is 37.4 Å². The smallest absolute Gasteiger partial charge is 0.252 e.